The van der Waals surface area contributed by atoms with Crippen molar-refractivity contribution in [3.05, 3.63) is 91.0 Å². The normalized spacial score (nSPS) is 24.7. The first-order valence-corrected chi connectivity index (χ1v) is 21.5. The Hall–Kier alpha value is -1.52. The van der Waals surface area contributed by atoms with Gasteiger partial charge < -0.3 is 12.6 Å². The van der Waals surface area contributed by atoms with E-state index in [4.69, 9.17) is 19.8 Å². The third-order valence-corrected chi connectivity index (χ3v) is 21.6. The zero-order valence-electron chi connectivity index (χ0n) is 26.3. The molecule has 225 valence electrons. The summed E-state index contributed by atoms with van der Waals surface area (Å²) < 4.78 is 15.2. The zero-order valence-corrected chi connectivity index (χ0v) is 30.7. The summed E-state index contributed by atoms with van der Waals surface area (Å²) in [5, 5.41) is 3.95. The number of benzene rings is 3. The molecule has 0 amide bonds. The van der Waals surface area contributed by atoms with Gasteiger partial charge in [0.2, 0.25) is 0 Å². The third-order valence-electron chi connectivity index (χ3n) is 8.28. The third kappa shape index (κ3) is 7.95. The summed E-state index contributed by atoms with van der Waals surface area (Å²) in [5.74, 6) is 3.12. The van der Waals surface area contributed by atoms with Crippen molar-refractivity contribution < 1.29 is 15.9 Å². The van der Waals surface area contributed by atoms with E-state index in [2.05, 4.69) is 136 Å². The van der Waals surface area contributed by atoms with Gasteiger partial charge in [-0.3, -0.25) is 0 Å². The molecular weight excluding hydrogens is 722 g/mol. The zero-order chi connectivity index (χ0) is 30.0. The van der Waals surface area contributed by atoms with Crippen LogP contribution in [0.5, 0.6) is 0 Å². The molecule has 3 aromatic carbocycles. The van der Waals surface area contributed by atoms with E-state index < -0.39 is 22.8 Å². The van der Waals surface area contributed by atoms with Gasteiger partial charge in [0.1, 0.15) is 0 Å². The van der Waals surface area contributed by atoms with Gasteiger partial charge in [-0.05, 0) is 37.0 Å². The number of hydrogen-bond acceptors (Lipinski definition) is 3. The van der Waals surface area contributed by atoms with E-state index in [0.717, 1.165) is 17.8 Å². The molecule has 0 N–H and O–H groups in total. The molecule has 5 heteroatoms. The van der Waals surface area contributed by atoms with Crippen molar-refractivity contribution in [1.29, 1.82) is 0 Å². The quantitative estimate of drug-likeness (QED) is 0.193. The van der Waals surface area contributed by atoms with E-state index in [1.165, 1.54) is 54.4 Å². The average molecular weight is 770 g/mol. The fourth-order valence-corrected chi connectivity index (χ4v) is 21.3. The van der Waals surface area contributed by atoms with Gasteiger partial charge in [-0.15, -0.1) is 0 Å². The topological polar surface area (TPSA) is 24.7 Å². The second-order valence-electron chi connectivity index (χ2n) is 14.6. The van der Waals surface area contributed by atoms with Crippen molar-refractivity contribution in [1.82, 2.24) is 0 Å². The molecule has 0 spiro atoms. The summed E-state index contributed by atoms with van der Waals surface area (Å²) in [6.07, 6.45) is 8.72. The first-order chi connectivity index (χ1) is 19.8. The molecule has 3 aromatic rings. The molecule has 4 bridgehead atoms. The predicted molar refractivity (Wildman–Crippen MR) is 183 cm³/mol. The maximum absolute atomic E-state index is 5.69. The van der Waals surface area contributed by atoms with Gasteiger partial charge in [-0.2, -0.15) is 4.75 Å². The van der Waals surface area contributed by atoms with Crippen molar-refractivity contribution >= 4 is 39.3 Å². The van der Waals surface area contributed by atoms with Gasteiger partial charge in [-0.1, -0.05) is 19.3 Å². The van der Waals surface area contributed by atoms with E-state index in [-0.39, 0.29) is 11.1 Å². The first-order valence-electron chi connectivity index (χ1n) is 15.5. The SMILES string of the molecule is CC(C)(C)[N]=[Re](=[C]=P(c1ccccc1)(c1ccccc1)c1ccccc1)=[N]C(C)(C)C.[S-]C12CC3CC(CC(C3)C1)C2. The summed E-state index contributed by atoms with van der Waals surface area (Å²) in [6.45, 7) is 10.9. The molecular formula is C37H48N2PReS-. The average Bonchev–Trinajstić information content (AvgIpc) is 2.90. The van der Waals surface area contributed by atoms with Crippen molar-refractivity contribution in [3.8, 4) is 0 Å². The van der Waals surface area contributed by atoms with Crippen LogP contribution in [0.2, 0.25) is 0 Å². The second kappa shape index (κ2) is 12.8. The summed E-state index contributed by atoms with van der Waals surface area (Å²) in [6, 6.07) is 32.7. The maximum atomic E-state index is 5.69. The Labute approximate surface area is 265 Å². The van der Waals surface area contributed by atoms with Gasteiger partial charge in [0, 0.05) is 0 Å². The second-order valence-corrected chi connectivity index (χ2v) is 23.3. The standard InChI is InChI=1S/C19H15P.C10H16S.2C4H9N.Re/c1-20(17-11-5-2-6-12-17,18-13-7-3-8-14-18)19-15-9-4-10-16-19;11-10-4-7-1-8(5-10)3-9(2-7)6-10;2*1-4(2,3)5;/h2-16H;7-9,11H,1-6H2;2*1-3H3;/p-1. The molecule has 7 rings (SSSR count). The van der Waals surface area contributed by atoms with Gasteiger partial charge in [0.15, 0.2) is 0 Å². The van der Waals surface area contributed by atoms with Crippen molar-refractivity contribution in [2.24, 2.45) is 24.9 Å². The Morgan fingerprint density at radius 3 is 1.19 bits per heavy atom. The molecule has 0 atom stereocenters. The monoisotopic (exact) mass is 770 g/mol. The first kappa shape index (κ1) is 31.9. The molecule has 4 saturated carbocycles. The van der Waals surface area contributed by atoms with E-state index in [9.17, 15) is 0 Å². The van der Waals surface area contributed by atoms with Crippen LogP contribution in [0.4, 0.5) is 0 Å². The largest absolute Gasteiger partial charge is 0.786 e. The molecule has 4 aliphatic rings. The van der Waals surface area contributed by atoms with Crippen LogP contribution in [-0.4, -0.2) is 19.7 Å². The Bertz CT molecular complexity index is 1410. The molecule has 0 saturated heterocycles. The number of nitrogens with zero attached hydrogens (tertiary/aromatic N) is 2. The Morgan fingerprint density at radius 2 is 0.929 bits per heavy atom. The van der Waals surface area contributed by atoms with Crippen LogP contribution in [0, 0.1) is 17.8 Å². The number of hydrogen-bond donors (Lipinski definition) is 0. The van der Waals surface area contributed by atoms with Crippen LogP contribution in [0.1, 0.15) is 80.1 Å². The molecule has 0 radical (unpaired) electrons. The summed E-state index contributed by atoms with van der Waals surface area (Å²) in [4.78, 5) is 0. The van der Waals surface area contributed by atoms with Crippen LogP contribution < -0.4 is 15.9 Å². The molecule has 0 heterocycles. The van der Waals surface area contributed by atoms with Gasteiger partial charge >= 0.3 is 193 Å². The van der Waals surface area contributed by atoms with Crippen molar-refractivity contribution in [3.63, 3.8) is 0 Å². The fourth-order valence-electron chi connectivity index (χ4n) is 7.23. The van der Waals surface area contributed by atoms with Crippen LogP contribution in [0.15, 0.2) is 98.1 Å². The minimum atomic E-state index is -2.65. The van der Waals surface area contributed by atoms with Gasteiger partial charge in [0.25, 0.3) is 0 Å². The Morgan fingerprint density at radius 1 is 0.619 bits per heavy atom. The molecule has 0 aliphatic heterocycles. The smallest absolute Gasteiger partial charge is 0.0422 e. The molecule has 4 aliphatic carbocycles. The molecule has 4 fully saturated rings. The van der Waals surface area contributed by atoms with Crippen molar-refractivity contribution in [2.75, 3.05) is 0 Å². The van der Waals surface area contributed by atoms with Crippen LogP contribution in [-0.2, 0) is 28.6 Å². The maximum Gasteiger partial charge on any atom is -0.0422 e. The minimum Gasteiger partial charge on any atom is -0.786 e. The Balaban J connectivity index is 0.000000262. The molecule has 0 aromatic heterocycles. The molecule has 42 heavy (non-hydrogen) atoms. The van der Waals surface area contributed by atoms with Crippen LogP contribution >= 0.6 is 6.89 Å². The summed E-state index contributed by atoms with van der Waals surface area (Å²) in [5.41, 5.74) is -0.268. The van der Waals surface area contributed by atoms with E-state index in [1.807, 2.05) is 0 Å². The summed E-state index contributed by atoms with van der Waals surface area (Å²) >= 11 is 3.05. The van der Waals surface area contributed by atoms with Gasteiger partial charge in [0.05, 0.1) is 0 Å². The van der Waals surface area contributed by atoms with E-state index >= 15 is 0 Å². The van der Waals surface area contributed by atoms with E-state index in [0.29, 0.717) is 4.75 Å². The fraction of sp³-hybridized carbons (Fsp3) is 0.486. The minimum absolute atomic E-state index is 0.134. The van der Waals surface area contributed by atoms with Crippen molar-refractivity contribution in [2.45, 2.75) is 95.9 Å². The predicted octanol–water partition coefficient (Wildman–Crippen LogP) is 8.70. The molecule has 2 nitrogen and oxygen atoms in total. The van der Waals surface area contributed by atoms with E-state index in [1.54, 1.807) is 0 Å². The number of rotatable bonds is 3. The van der Waals surface area contributed by atoms with Gasteiger partial charge in [-0.25, -0.2) is 0 Å². The summed E-state index contributed by atoms with van der Waals surface area (Å²) in [7, 11) is 0. The molecule has 0 unspecified atom stereocenters. The van der Waals surface area contributed by atoms with Crippen LogP contribution in [0.25, 0.3) is 0 Å². The Kier molecular flexibility index (Phi) is 9.75. The van der Waals surface area contributed by atoms with Crippen LogP contribution in [0.3, 0.4) is 0 Å².